The molecule has 32 heavy (non-hydrogen) atoms. The van der Waals surface area contributed by atoms with Gasteiger partial charge in [-0.15, -0.1) is 11.3 Å². The number of benzene rings is 1. The number of aryl methyl sites for hydroxylation is 1. The summed E-state index contributed by atoms with van der Waals surface area (Å²) in [6.45, 7) is 0.597. The Morgan fingerprint density at radius 3 is 2.75 bits per heavy atom. The van der Waals surface area contributed by atoms with Crippen molar-refractivity contribution in [2.75, 3.05) is 23.3 Å². The summed E-state index contributed by atoms with van der Waals surface area (Å²) < 4.78 is 0. The summed E-state index contributed by atoms with van der Waals surface area (Å²) in [5.41, 5.74) is 2.61. The van der Waals surface area contributed by atoms with Crippen LogP contribution in [-0.2, 0) is 32.8 Å². The van der Waals surface area contributed by atoms with Crippen LogP contribution in [0.2, 0.25) is 0 Å². The fourth-order valence-electron chi connectivity index (χ4n) is 4.37. The van der Waals surface area contributed by atoms with Gasteiger partial charge in [0, 0.05) is 22.7 Å². The van der Waals surface area contributed by atoms with E-state index in [2.05, 4.69) is 10.6 Å². The first-order valence-electron chi connectivity index (χ1n) is 10.3. The summed E-state index contributed by atoms with van der Waals surface area (Å²) >= 11 is 2.83. The summed E-state index contributed by atoms with van der Waals surface area (Å²) in [4.78, 5) is 39.8. The van der Waals surface area contributed by atoms with Crippen LogP contribution in [0.5, 0.6) is 0 Å². The number of thiophene rings is 2. The second-order valence-corrected chi connectivity index (χ2v) is 9.68. The van der Waals surface area contributed by atoms with Gasteiger partial charge in [-0.05, 0) is 64.4 Å². The van der Waals surface area contributed by atoms with Crippen LogP contribution in [0.4, 0.5) is 11.4 Å². The number of anilines is 2. The third kappa shape index (κ3) is 3.62. The first-order chi connectivity index (χ1) is 15.5. The Bertz CT molecular complexity index is 1150. The van der Waals surface area contributed by atoms with Gasteiger partial charge in [-0.3, -0.25) is 14.4 Å². The van der Waals surface area contributed by atoms with E-state index >= 15 is 0 Å². The molecule has 3 aromatic rings. The lowest BCUT2D eigenvalue weighted by atomic mass is 9.94. The van der Waals surface area contributed by atoms with Crippen molar-refractivity contribution in [3.8, 4) is 0 Å². The van der Waals surface area contributed by atoms with E-state index in [-0.39, 0.29) is 12.5 Å². The van der Waals surface area contributed by atoms with Gasteiger partial charge < -0.3 is 20.6 Å². The average Bonchev–Trinajstić information content (AvgIpc) is 3.55. The van der Waals surface area contributed by atoms with Crippen LogP contribution in [0.3, 0.4) is 0 Å². The molecule has 3 amide bonds. The Hall–Kier alpha value is -3.01. The quantitative estimate of drug-likeness (QED) is 0.503. The molecule has 5 rings (SSSR count). The maximum absolute atomic E-state index is 12.6. The molecule has 0 aliphatic carbocycles. The van der Waals surface area contributed by atoms with Crippen molar-refractivity contribution in [2.24, 2.45) is 0 Å². The SMILES string of the molecule is O=C(NCC(O)(c1ccsc1)c1cccs1)C(=O)Nc1cc2c3c(c1)CC(=O)N3CCC2. The molecule has 0 saturated carbocycles. The van der Waals surface area contributed by atoms with E-state index in [9.17, 15) is 19.5 Å². The van der Waals surface area contributed by atoms with Crippen molar-refractivity contribution in [3.05, 3.63) is 68.0 Å². The predicted octanol–water partition coefficient (Wildman–Crippen LogP) is 2.64. The molecule has 0 fully saturated rings. The van der Waals surface area contributed by atoms with E-state index in [4.69, 9.17) is 0 Å². The average molecular weight is 468 g/mol. The number of hydrogen-bond acceptors (Lipinski definition) is 6. The number of amides is 3. The van der Waals surface area contributed by atoms with Gasteiger partial charge in [-0.25, -0.2) is 0 Å². The van der Waals surface area contributed by atoms with Crippen LogP contribution < -0.4 is 15.5 Å². The van der Waals surface area contributed by atoms with Crippen molar-refractivity contribution >= 4 is 51.8 Å². The zero-order valence-electron chi connectivity index (χ0n) is 17.1. The highest BCUT2D eigenvalue weighted by Gasteiger charge is 2.35. The van der Waals surface area contributed by atoms with E-state index in [1.807, 2.05) is 33.2 Å². The van der Waals surface area contributed by atoms with Crippen LogP contribution in [-0.4, -0.2) is 35.9 Å². The van der Waals surface area contributed by atoms with Crippen LogP contribution in [0, 0.1) is 0 Å². The molecule has 164 valence electrons. The minimum atomic E-state index is -1.41. The van der Waals surface area contributed by atoms with Crippen molar-refractivity contribution in [1.29, 1.82) is 0 Å². The summed E-state index contributed by atoms with van der Waals surface area (Å²) in [5, 5.41) is 22.1. The Morgan fingerprint density at radius 2 is 2.00 bits per heavy atom. The maximum Gasteiger partial charge on any atom is 0.313 e. The van der Waals surface area contributed by atoms with Gasteiger partial charge in [0.2, 0.25) is 5.91 Å². The van der Waals surface area contributed by atoms with Gasteiger partial charge in [0.1, 0.15) is 5.60 Å². The second kappa shape index (κ2) is 8.16. The highest BCUT2D eigenvalue weighted by atomic mass is 32.1. The van der Waals surface area contributed by atoms with Crippen molar-refractivity contribution in [3.63, 3.8) is 0 Å². The molecular formula is C23H21N3O4S2. The summed E-state index contributed by atoms with van der Waals surface area (Å²) in [6.07, 6.45) is 2.02. The van der Waals surface area contributed by atoms with Crippen molar-refractivity contribution in [1.82, 2.24) is 5.32 Å². The van der Waals surface area contributed by atoms with Crippen LogP contribution >= 0.6 is 22.7 Å². The third-order valence-corrected chi connectivity index (χ3v) is 7.61. The molecule has 3 N–H and O–H groups in total. The highest BCUT2D eigenvalue weighted by Crippen LogP contribution is 2.39. The molecule has 2 aromatic heterocycles. The van der Waals surface area contributed by atoms with Crippen molar-refractivity contribution < 1.29 is 19.5 Å². The molecule has 0 radical (unpaired) electrons. The molecule has 0 bridgehead atoms. The Morgan fingerprint density at radius 1 is 1.16 bits per heavy atom. The number of hydrogen-bond donors (Lipinski definition) is 3. The monoisotopic (exact) mass is 467 g/mol. The summed E-state index contributed by atoms with van der Waals surface area (Å²) in [5.74, 6) is -1.57. The first-order valence-corrected chi connectivity index (χ1v) is 12.1. The van der Waals surface area contributed by atoms with Gasteiger partial charge in [0.25, 0.3) is 0 Å². The van der Waals surface area contributed by atoms with Crippen LogP contribution in [0.1, 0.15) is 28.0 Å². The molecule has 0 spiro atoms. The van der Waals surface area contributed by atoms with Crippen molar-refractivity contribution in [2.45, 2.75) is 24.9 Å². The lowest BCUT2D eigenvalue weighted by Crippen LogP contribution is -2.44. The van der Waals surface area contributed by atoms with Gasteiger partial charge >= 0.3 is 11.8 Å². The number of rotatable bonds is 5. The molecule has 0 saturated heterocycles. The number of carbonyl (C=O) groups excluding carboxylic acids is 3. The highest BCUT2D eigenvalue weighted by molar-refractivity contribution is 7.10. The smallest absolute Gasteiger partial charge is 0.313 e. The Labute approximate surface area is 192 Å². The van der Waals surface area contributed by atoms with E-state index in [0.29, 0.717) is 22.5 Å². The molecule has 1 atom stereocenters. The largest absolute Gasteiger partial charge is 0.378 e. The summed E-state index contributed by atoms with van der Waals surface area (Å²) in [7, 11) is 0. The van der Waals surface area contributed by atoms with Gasteiger partial charge in [-0.2, -0.15) is 11.3 Å². The van der Waals surface area contributed by atoms with E-state index in [0.717, 1.165) is 36.2 Å². The topological polar surface area (TPSA) is 98.7 Å². The number of aliphatic hydroxyl groups is 1. The lowest BCUT2D eigenvalue weighted by molar-refractivity contribution is -0.136. The maximum atomic E-state index is 12.6. The fourth-order valence-corrected chi connectivity index (χ4v) is 5.94. The summed E-state index contributed by atoms with van der Waals surface area (Å²) in [6, 6.07) is 9.03. The molecular weight excluding hydrogens is 446 g/mol. The fraction of sp³-hybridized carbons (Fsp3) is 0.261. The van der Waals surface area contributed by atoms with Gasteiger partial charge in [0.15, 0.2) is 0 Å². The third-order valence-electron chi connectivity index (χ3n) is 5.90. The van der Waals surface area contributed by atoms with Crippen LogP contribution in [0.15, 0.2) is 46.5 Å². The normalized spacial score (nSPS) is 16.4. The second-order valence-electron chi connectivity index (χ2n) is 7.96. The number of carbonyl (C=O) groups is 3. The molecule has 1 unspecified atom stereocenters. The zero-order valence-corrected chi connectivity index (χ0v) is 18.7. The van der Waals surface area contributed by atoms with Crippen LogP contribution in [0.25, 0.3) is 0 Å². The lowest BCUT2D eigenvalue weighted by Gasteiger charge is -2.27. The van der Waals surface area contributed by atoms with Gasteiger partial charge in [-0.1, -0.05) is 6.07 Å². The predicted molar refractivity (Wildman–Crippen MR) is 124 cm³/mol. The minimum Gasteiger partial charge on any atom is -0.378 e. The molecule has 9 heteroatoms. The molecule has 1 aromatic carbocycles. The number of nitrogens with zero attached hydrogens (tertiary/aromatic N) is 1. The zero-order chi connectivity index (χ0) is 22.3. The minimum absolute atomic E-state index is 0.0727. The Balaban J connectivity index is 1.30. The van der Waals surface area contributed by atoms with Gasteiger partial charge in [0.05, 0.1) is 18.7 Å². The molecule has 4 heterocycles. The van der Waals surface area contributed by atoms with E-state index in [1.54, 1.807) is 18.2 Å². The number of nitrogens with one attached hydrogen (secondary N) is 2. The molecule has 2 aliphatic rings. The first kappa shape index (κ1) is 20.9. The van der Waals surface area contributed by atoms with E-state index < -0.39 is 17.4 Å². The van der Waals surface area contributed by atoms with E-state index in [1.165, 1.54) is 22.7 Å². The molecule has 2 aliphatic heterocycles. The molecule has 7 nitrogen and oxygen atoms in total. The Kier molecular flexibility index (Phi) is 5.32. The standard InChI is InChI=1S/C23H21N3O4S2/c27-19-11-15-10-17(9-14-3-1-6-26(19)20(14)15)25-22(29)21(28)24-13-23(30,16-5-8-31-12-16)18-4-2-7-32-18/h2,4-5,7-10,12,30H,1,3,6,11,13H2,(H,24,28)(H,25,29).